The van der Waals surface area contributed by atoms with Crippen LogP contribution in [0.15, 0.2) is 29.6 Å². The Bertz CT molecular complexity index is 459. The molecule has 1 aromatic carbocycles. The molecule has 0 aliphatic carbocycles. The van der Waals surface area contributed by atoms with Gasteiger partial charge in [0.05, 0.1) is 10.7 Å². The van der Waals surface area contributed by atoms with Crippen molar-refractivity contribution in [3.05, 3.63) is 40.2 Å². The topological polar surface area (TPSA) is 24.9 Å². The van der Waals surface area contributed by atoms with Gasteiger partial charge < -0.3 is 5.32 Å². The molecule has 90 valence electrons. The van der Waals surface area contributed by atoms with Crippen LogP contribution in [0.3, 0.4) is 0 Å². The van der Waals surface area contributed by atoms with Gasteiger partial charge in [-0.05, 0) is 26.9 Å². The van der Waals surface area contributed by atoms with Crippen LogP contribution in [0.5, 0.6) is 0 Å². The highest BCUT2D eigenvalue weighted by Gasteiger charge is 2.03. The van der Waals surface area contributed by atoms with Crippen molar-refractivity contribution in [2.45, 2.75) is 19.8 Å². The van der Waals surface area contributed by atoms with E-state index in [2.05, 4.69) is 46.9 Å². The summed E-state index contributed by atoms with van der Waals surface area (Å²) < 4.78 is 0. The van der Waals surface area contributed by atoms with Crippen molar-refractivity contribution in [1.29, 1.82) is 0 Å². The third kappa shape index (κ3) is 3.38. The molecule has 2 aromatic rings. The van der Waals surface area contributed by atoms with E-state index < -0.39 is 0 Å². The normalized spacial score (nSPS) is 10.7. The van der Waals surface area contributed by atoms with Crippen molar-refractivity contribution in [2.75, 3.05) is 13.6 Å². The van der Waals surface area contributed by atoms with Gasteiger partial charge in [0.25, 0.3) is 0 Å². The molecule has 0 radical (unpaired) electrons. The lowest BCUT2D eigenvalue weighted by molar-refractivity contribution is 0.722. The molecule has 17 heavy (non-hydrogen) atoms. The second-order valence-corrected chi connectivity index (χ2v) is 5.14. The third-order valence-corrected chi connectivity index (χ3v) is 3.63. The molecule has 0 saturated carbocycles. The number of hydrogen-bond acceptors (Lipinski definition) is 3. The number of nitrogens with one attached hydrogen (secondary N) is 1. The summed E-state index contributed by atoms with van der Waals surface area (Å²) >= 11 is 1.76. The van der Waals surface area contributed by atoms with Crippen molar-refractivity contribution in [1.82, 2.24) is 10.3 Å². The van der Waals surface area contributed by atoms with Crippen LogP contribution >= 0.6 is 11.3 Å². The molecule has 2 nitrogen and oxygen atoms in total. The fraction of sp³-hybridized carbons (Fsp3) is 0.357. The molecule has 0 fully saturated rings. The van der Waals surface area contributed by atoms with Gasteiger partial charge in [-0.2, -0.15) is 0 Å². The van der Waals surface area contributed by atoms with Crippen molar-refractivity contribution in [2.24, 2.45) is 0 Å². The first-order chi connectivity index (χ1) is 8.29. The molecule has 0 aliphatic heterocycles. The molecular weight excluding hydrogens is 228 g/mol. The molecule has 1 heterocycles. The van der Waals surface area contributed by atoms with Gasteiger partial charge in [-0.15, -0.1) is 11.3 Å². The van der Waals surface area contributed by atoms with Gasteiger partial charge in [0.1, 0.15) is 0 Å². The average molecular weight is 246 g/mol. The van der Waals surface area contributed by atoms with Crippen molar-refractivity contribution in [3.63, 3.8) is 0 Å². The highest BCUT2D eigenvalue weighted by atomic mass is 32.1. The summed E-state index contributed by atoms with van der Waals surface area (Å²) in [6.45, 7) is 3.16. The maximum atomic E-state index is 4.67. The van der Waals surface area contributed by atoms with Crippen LogP contribution in [0.25, 0.3) is 11.3 Å². The third-order valence-electron chi connectivity index (χ3n) is 2.72. The van der Waals surface area contributed by atoms with Crippen LogP contribution in [-0.4, -0.2) is 18.6 Å². The maximum absolute atomic E-state index is 4.67. The number of benzene rings is 1. The zero-order valence-electron chi connectivity index (χ0n) is 10.4. The Morgan fingerprint density at radius 2 is 2.00 bits per heavy atom. The van der Waals surface area contributed by atoms with Gasteiger partial charge in [-0.3, -0.25) is 0 Å². The number of rotatable bonds is 5. The summed E-state index contributed by atoms with van der Waals surface area (Å²) in [6, 6.07) is 8.55. The Morgan fingerprint density at radius 1 is 1.24 bits per heavy atom. The lowest BCUT2D eigenvalue weighted by Gasteiger charge is -1.98. The first kappa shape index (κ1) is 12.3. The van der Waals surface area contributed by atoms with Crippen LogP contribution < -0.4 is 5.32 Å². The first-order valence-corrected chi connectivity index (χ1v) is 6.83. The minimum Gasteiger partial charge on any atom is -0.320 e. The van der Waals surface area contributed by atoms with E-state index in [0.29, 0.717) is 0 Å². The fourth-order valence-corrected chi connectivity index (χ4v) is 2.55. The molecule has 0 spiro atoms. The molecule has 2 rings (SSSR count). The lowest BCUT2D eigenvalue weighted by Crippen LogP contribution is -2.08. The van der Waals surface area contributed by atoms with E-state index in [1.807, 2.05) is 7.05 Å². The minimum absolute atomic E-state index is 1.06. The average Bonchev–Trinajstić information content (AvgIpc) is 2.79. The van der Waals surface area contributed by atoms with Crippen molar-refractivity contribution < 1.29 is 0 Å². The van der Waals surface area contributed by atoms with E-state index >= 15 is 0 Å². The quantitative estimate of drug-likeness (QED) is 0.819. The van der Waals surface area contributed by atoms with Gasteiger partial charge in [0, 0.05) is 17.4 Å². The molecule has 0 bridgehead atoms. The minimum atomic E-state index is 1.06. The van der Waals surface area contributed by atoms with E-state index in [1.54, 1.807) is 11.3 Å². The summed E-state index contributed by atoms with van der Waals surface area (Å²) in [5, 5.41) is 6.54. The SMILES string of the molecule is CNCCCc1nc(-c2ccc(C)cc2)cs1. The highest BCUT2D eigenvalue weighted by Crippen LogP contribution is 2.22. The molecule has 3 heteroatoms. The highest BCUT2D eigenvalue weighted by molar-refractivity contribution is 7.09. The molecule has 1 N–H and O–H groups in total. The van der Waals surface area contributed by atoms with Crippen molar-refractivity contribution >= 4 is 11.3 Å². The zero-order valence-corrected chi connectivity index (χ0v) is 11.2. The second-order valence-electron chi connectivity index (χ2n) is 4.20. The van der Waals surface area contributed by atoms with E-state index in [0.717, 1.165) is 25.1 Å². The van der Waals surface area contributed by atoms with E-state index in [9.17, 15) is 0 Å². The predicted octanol–water partition coefficient (Wildman–Crippen LogP) is 3.27. The standard InChI is InChI=1S/C14H18N2S/c1-11-5-7-12(8-6-11)13-10-17-14(16-13)4-3-9-15-2/h5-8,10,15H,3-4,9H2,1-2H3. The van der Waals surface area contributed by atoms with Gasteiger partial charge in [-0.1, -0.05) is 29.8 Å². The zero-order chi connectivity index (χ0) is 12.1. The van der Waals surface area contributed by atoms with Crippen LogP contribution in [-0.2, 0) is 6.42 Å². The molecular formula is C14H18N2S. The Hall–Kier alpha value is -1.19. The van der Waals surface area contributed by atoms with Gasteiger partial charge >= 0.3 is 0 Å². The Labute approximate surface area is 107 Å². The number of aromatic nitrogens is 1. The predicted molar refractivity (Wildman–Crippen MR) is 74.5 cm³/mol. The smallest absolute Gasteiger partial charge is 0.0933 e. The molecule has 0 aliphatic rings. The molecule has 0 saturated heterocycles. The lowest BCUT2D eigenvalue weighted by atomic mass is 10.1. The Morgan fingerprint density at radius 3 is 2.71 bits per heavy atom. The van der Waals surface area contributed by atoms with Crippen LogP contribution in [0, 0.1) is 6.92 Å². The summed E-state index contributed by atoms with van der Waals surface area (Å²) in [5.41, 5.74) is 3.61. The van der Waals surface area contributed by atoms with Crippen LogP contribution in [0.2, 0.25) is 0 Å². The van der Waals surface area contributed by atoms with Crippen molar-refractivity contribution in [3.8, 4) is 11.3 Å². The number of hydrogen-bond donors (Lipinski definition) is 1. The Balaban J connectivity index is 2.04. The van der Waals surface area contributed by atoms with Gasteiger partial charge in [-0.25, -0.2) is 4.98 Å². The van der Waals surface area contributed by atoms with Gasteiger partial charge in [0.2, 0.25) is 0 Å². The molecule has 0 amide bonds. The van der Waals surface area contributed by atoms with Crippen LogP contribution in [0.1, 0.15) is 17.0 Å². The Kier molecular flexibility index (Phi) is 4.29. The number of thiazole rings is 1. The number of aryl methyl sites for hydroxylation is 2. The van der Waals surface area contributed by atoms with Gasteiger partial charge in [0.15, 0.2) is 0 Å². The molecule has 0 atom stereocenters. The first-order valence-electron chi connectivity index (χ1n) is 5.95. The monoisotopic (exact) mass is 246 g/mol. The summed E-state index contributed by atoms with van der Waals surface area (Å²) in [7, 11) is 1.99. The summed E-state index contributed by atoms with van der Waals surface area (Å²) in [4.78, 5) is 4.67. The molecule has 1 aromatic heterocycles. The van der Waals surface area contributed by atoms with E-state index in [4.69, 9.17) is 0 Å². The van der Waals surface area contributed by atoms with Crippen LogP contribution in [0.4, 0.5) is 0 Å². The largest absolute Gasteiger partial charge is 0.320 e. The summed E-state index contributed by atoms with van der Waals surface area (Å²) in [6.07, 6.45) is 2.22. The van der Waals surface area contributed by atoms with E-state index in [1.165, 1.54) is 16.1 Å². The molecule has 0 unspecified atom stereocenters. The van der Waals surface area contributed by atoms with E-state index in [-0.39, 0.29) is 0 Å². The number of nitrogens with zero attached hydrogens (tertiary/aromatic N) is 1. The second kappa shape index (κ2) is 5.94. The fourth-order valence-electron chi connectivity index (χ4n) is 1.70. The maximum Gasteiger partial charge on any atom is 0.0933 e. The summed E-state index contributed by atoms with van der Waals surface area (Å²) in [5.74, 6) is 0.